The molecule has 0 saturated carbocycles. The van der Waals surface area contributed by atoms with E-state index in [9.17, 15) is 20.5 Å². The Bertz CT molecular complexity index is 1390. The zero-order chi connectivity index (χ0) is 23.5. The first kappa shape index (κ1) is 21.2. The number of aromatic nitrogens is 1. The van der Waals surface area contributed by atoms with Crippen LogP contribution in [0.25, 0.3) is 10.9 Å². The van der Waals surface area contributed by atoms with Crippen LogP contribution in [0.15, 0.2) is 30.3 Å². The largest absolute Gasteiger partial charge is 0.357 e. The number of piperazine rings is 1. The molecule has 7 nitrogen and oxygen atoms in total. The number of nitrogens with zero attached hydrogens (tertiary/aromatic N) is 4. The van der Waals surface area contributed by atoms with E-state index in [1.807, 2.05) is 24.0 Å². The number of anilines is 1. The molecule has 2 aliphatic rings. The average molecular weight is 440 g/mol. The second-order valence-corrected chi connectivity index (χ2v) is 9.33. The number of hydrogen-bond donors (Lipinski definition) is 2. The molecule has 0 radical (unpaired) electrons. The number of ketones is 1. The molecule has 1 saturated heterocycles. The van der Waals surface area contributed by atoms with Crippen molar-refractivity contribution in [1.29, 1.82) is 10.5 Å². The summed E-state index contributed by atoms with van der Waals surface area (Å²) in [7, 11) is 0. The first-order valence-corrected chi connectivity index (χ1v) is 11.2. The Balaban J connectivity index is 1.71. The molecular weight excluding hydrogens is 414 g/mol. The molecule has 5 rings (SSSR count). The maximum atomic E-state index is 13.8. The molecule has 2 aromatic carbocycles. The lowest BCUT2D eigenvalue weighted by Gasteiger charge is -2.40. The van der Waals surface area contributed by atoms with E-state index in [4.69, 9.17) is 0 Å². The third-order valence-electron chi connectivity index (χ3n) is 7.11. The molecule has 0 spiro atoms. The SMILES string of the molecule is CCc1cc2c(cc1N1CCN(O)CC1C#N)C(C)(C)c1[nH]c3cc(C#N)ccc3c1C2=O. The molecule has 7 heteroatoms. The number of carbonyl (C=O) groups excluding carboxylic acids is 1. The molecule has 1 aliphatic heterocycles. The lowest BCUT2D eigenvalue weighted by atomic mass is 9.70. The quantitative estimate of drug-likeness (QED) is 0.628. The maximum Gasteiger partial charge on any atom is 0.195 e. The predicted octanol–water partition coefficient (Wildman–Crippen LogP) is 3.88. The molecule has 0 bridgehead atoms. The predicted molar refractivity (Wildman–Crippen MR) is 125 cm³/mol. The molecule has 1 aromatic heterocycles. The smallest absolute Gasteiger partial charge is 0.195 e. The normalized spacial score (nSPS) is 19.6. The fourth-order valence-electron chi connectivity index (χ4n) is 5.30. The van der Waals surface area contributed by atoms with Gasteiger partial charge in [-0.15, -0.1) is 0 Å². The number of carbonyl (C=O) groups is 1. The van der Waals surface area contributed by atoms with Crippen LogP contribution in [-0.4, -0.2) is 46.7 Å². The third kappa shape index (κ3) is 3.05. The minimum absolute atomic E-state index is 0.0199. The van der Waals surface area contributed by atoms with E-state index < -0.39 is 11.5 Å². The summed E-state index contributed by atoms with van der Waals surface area (Å²) < 4.78 is 0. The van der Waals surface area contributed by atoms with Gasteiger partial charge in [0.25, 0.3) is 0 Å². The summed E-state index contributed by atoms with van der Waals surface area (Å²) in [4.78, 5) is 19.2. The molecule has 0 amide bonds. The van der Waals surface area contributed by atoms with E-state index in [-0.39, 0.29) is 12.3 Å². The van der Waals surface area contributed by atoms with Crippen molar-refractivity contribution in [3.8, 4) is 12.1 Å². The number of fused-ring (bicyclic) bond motifs is 4. The minimum Gasteiger partial charge on any atom is -0.357 e. The van der Waals surface area contributed by atoms with Crippen molar-refractivity contribution in [2.24, 2.45) is 0 Å². The number of aromatic amines is 1. The summed E-state index contributed by atoms with van der Waals surface area (Å²) >= 11 is 0. The highest BCUT2D eigenvalue weighted by Gasteiger charge is 2.41. The number of benzene rings is 2. The Kier molecular flexibility index (Phi) is 4.79. The van der Waals surface area contributed by atoms with E-state index in [1.165, 1.54) is 5.06 Å². The molecule has 33 heavy (non-hydrogen) atoms. The summed E-state index contributed by atoms with van der Waals surface area (Å²) in [5.74, 6) is -0.0199. The molecular formula is C26H25N5O2. The van der Waals surface area contributed by atoms with Crippen molar-refractivity contribution >= 4 is 22.4 Å². The molecule has 1 fully saturated rings. The second-order valence-electron chi connectivity index (χ2n) is 9.33. The Morgan fingerprint density at radius 1 is 1.21 bits per heavy atom. The third-order valence-corrected chi connectivity index (χ3v) is 7.11. The van der Waals surface area contributed by atoms with Crippen LogP contribution in [0.4, 0.5) is 5.69 Å². The lowest BCUT2D eigenvalue weighted by Crippen LogP contribution is -2.52. The van der Waals surface area contributed by atoms with Gasteiger partial charge in [-0.2, -0.15) is 15.6 Å². The number of H-pyrrole nitrogens is 1. The summed E-state index contributed by atoms with van der Waals surface area (Å²) in [6.45, 7) is 7.49. The topological polar surface area (TPSA) is 107 Å². The van der Waals surface area contributed by atoms with Gasteiger partial charge in [-0.1, -0.05) is 26.8 Å². The fourth-order valence-corrected chi connectivity index (χ4v) is 5.30. The molecule has 1 aliphatic carbocycles. The van der Waals surface area contributed by atoms with E-state index in [1.54, 1.807) is 12.1 Å². The molecule has 1 atom stereocenters. The van der Waals surface area contributed by atoms with Crippen molar-refractivity contribution in [3.63, 3.8) is 0 Å². The zero-order valence-corrected chi connectivity index (χ0v) is 18.9. The summed E-state index contributed by atoms with van der Waals surface area (Å²) in [5.41, 5.74) is 5.94. The second kappa shape index (κ2) is 7.45. The monoisotopic (exact) mass is 439 g/mol. The Morgan fingerprint density at radius 3 is 2.70 bits per heavy atom. The van der Waals surface area contributed by atoms with Crippen LogP contribution in [0.1, 0.15) is 59.1 Å². The van der Waals surface area contributed by atoms with Crippen molar-refractivity contribution in [1.82, 2.24) is 10.0 Å². The molecule has 1 unspecified atom stereocenters. The summed E-state index contributed by atoms with van der Waals surface area (Å²) in [6.07, 6.45) is 0.722. The van der Waals surface area contributed by atoms with E-state index in [2.05, 4.69) is 37.0 Å². The number of nitriles is 2. The standard InChI is InChI=1S/C26H25N5O2/c1-4-16-10-19-20(11-22(16)31-8-7-30(33)14-17(31)13-28)26(2,3)25-23(24(19)32)18-6-5-15(12-27)9-21(18)29-25/h5-6,9-11,17,29,33H,4,7-8,14H2,1-3H3. The maximum absolute atomic E-state index is 13.8. The van der Waals surface area contributed by atoms with Gasteiger partial charge in [0.15, 0.2) is 5.78 Å². The average Bonchev–Trinajstić information content (AvgIpc) is 3.22. The van der Waals surface area contributed by atoms with E-state index in [0.29, 0.717) is 29.8 Å². The van der Waals surface area contributed by atoms with Gasteiger partial charge < -0.3 is 15.1 Å². The van der Waals surface area contributed by atoms with Crippen LogP contribution in [0.3, 0.4) is 0 Å². The van der Waals surface area contributed by atoms with Gasteiger partial charge in [0.1, 0.15) is 6.04 Å². The van der Waals surface area contributed by atoms with Crippen LogP contribution in [0.5, 0.6) is 0 Å². The Morgan fingerprint density at radius 2 is 2.00 bits per heavy atom. The van der Waals surface area contributed by atoms with Gasteiger partial charge in [0.05, 0.1) is 29.8 Å². The summed E-state index contributed by atoms with van der Waals surface area (Å²) in [5, 5.41) is 31.0. The van der Waals surface area contributed by atoms with Crippen molar-refractivity contribution in [2.45, 2.75) is 38.6 Å². The van der Waals surface area contributed by atoms with Gasteiger partial charge >= 0.3 is 0 Å². The molecule has 2 heterocycles. The highest BCUT2D eigenvalue weighted by atomic mass is 16.5. The first-order chi connectivity index (χ1) is 15.8. The zero-order valence-electron chi connectivity index (χ0n) is 18.9. The highest BCUT2D eigenvalue weighted by molar-refractivity contribution is 6.20. The fraction of sp³-hybridized carbons (Fsp3) is 0.346. The van der Waals surface area contributed by atoms with Crippen molar-refractivity contribution in [3.05, 3.63) is 63.8 Å². The van der Waals surface area contributed by atoms with Gasteiger partial charge in [-0.25, -0.2) is 0 Å². The molecule has 3 aromatic rings. The van der Waals surface area contributed by atoms with Gasteiger partial charge in [-0.05, 0) is 41.8 Å². The van der Waals surface area contributed by atoms with E-state index >= 15 is 0 Å². The summed E-state index contributed by atoms with van der Waals surface area (Å²) in [6, 6.07) is 13.4. The number of nitrogens with one attached hydrogen (secondary N) is 1. The number of aryl methyl sites for hydroxylation is 1. The Hall–Kier alpha value is -3.65. The van der Waals surface area contributed by atoms with Gasteiger partial charge in [0.2, 0.25) is 0 Å². The number of hydrogen-bond acceptors (Lipinski definition) is 6. The van der Waals surface area contributed by atoms with Gasteiger partial charge in [0, 0.05) is 46.4 Å². The number of rotatable bonds is 2. The molecule has 2 N–H and O–H groups in total. The first-order valence-electron chi connectivity index (χ1n) is 11.2. The minimum atomic E-state index is -0.480. The lowest BCUT2D eigenvalue weighted by molar-refractivity contribution is -0.0985. The van der Waals surface area contributed by atoms with Crippen LogP contribution < -0.4 is 4.90 Å². The van der Waals surface area contributed by atoms with E-state index in [0.717, 1.165) is 39.8 Å². The van der Waals surface area contributed by atoms with Crippen LogP contribution in [0, 0.1) is 22.7 Å². The van der Waals surface area contributed by atoms with Crippen LogP contribution in [0.2, 0.25) is 0 Å². The van der Waals surface area contributed by atoms with Crippen LogP contribution in [-0.2, 0) is 11.8 Å². The highest BCUT2D eigenvalue weighted by Crippen LogP contribution is 2.46. The molecule has 166 valence electrons. The van der Waals surface area contributed by atoms with Gasteiger partial charge in [-0.3, -0.25) is 4.79 Å². The van der Waals surface area contributed by atoms with Crippen molar-refractivity contribution < 1.29 is 10.0 Å². The number of hydroxylamine groups is 2. The Labute approximate surface area is 192 Å². The van der Waals surface area contributed by atoms with Crippen LogP contribution >= 0.6 is 0 Å². The van der Waals surface area contributed by atoms with Crippen molar-refractivity contribution in [2.75, 3.05) is 24.5 Å².